The summed E-state index contributed by atoms with van der Waals surface area (Å²) >= 11 is 0. The molecule has 0 spiro atoms. The van der Waals surface area contributed by atoms with E-state index >= 15 is 0 Å². The zero-order valence-corrected chi connectivity index (χ0v) is 57.7. The highest BCUT2D eigenvalue weighted by molar-refractivity contribution is 7.98. The minimum Gasteiger partial charge on any atom is -0.744 e. The molecule has 31 heteroatoms. The number of halogens is 12. The van der Waals surface area contributed by atoms with Gasteiger partial charge in [-0.25, -0.2) is 18.0 Å². The predicted molar refractivity (Wildman–Crippen MR) is 344 cm³/mol. The molecule has 8 atom stereocenters. The van der Waals surface area contributed by atoms with Crippen LogP contribution >= 0.6 is 0 Å². The molecule has 0 amide bonds. The lowest BCUT2D eigenvalue weighted by atomic mass is 10.1. The van der Waals surface area contributed by atoms with Crippen LogP contribution in [0.15, 0.2) is 207 Å². The van der Waals surface area contributed by atoms with Crippen LogP contribution in [-0.4, -0.2) is 177 Å². The van der Waals surface area contributed by atoms with Crippen LogP contribution < -0.4 is 9.47 Å². The maximum absolute atomic E-state index is 13.4. The van der Waals surface area contributed by atoms with E-state index in [2.05, 4.69) is 98.4 Å². The number of nitrogens with zero attached hydrogens (tertiary/aromatic N) is 1. The molecular weight excluding hydrogens is 1380 g/mol. The number of carboxylic acids is 2. The van der Waals surface area contributed by atoms with E-state index in [-0.39, 0.29) is 40.5 Å². The summed E-state index contributed by atoms with van der Waals surface area (Å²) in [5, 5.41) is 32.7. The first-order chi connectivity index (χ1) is 45.1. The zero-order chi connectivity index (χ0) is 74.8. The monoisotopic (exact) mass is 1460 g/mol. The van der Waals surface area contributed by atoms with E-state index in [1.54, 1.807) is 36.4 Å². The maximum Gasteiger partial charge on any atom is 0.427 e. The fourth-order valence-electron chi connectivity index (χ4n) is 7.11. The third-order valence-electron chi connectivity index (χ3n) is 13.1. The number of rotatable bonds is 21. The third-order valence-corrected chi connectivity index (χ3v) is 19.0. The van der Waals surface area contributed by atoms with Gasteiger partial charge in [0.05, 0.1) is 54.9 Å². The van der Waals surface area contributed by atoms with Gasteiger partial charge in [0.25, 0.3) is 11.2 Å². The number of ether oxygens (including phenoxy) is 6. The highest BCUT2D eigenvalue weighted by Crippen LogP contribution is 2.39. The number of aryl methyl sites for hydroxylation is 1. The molecule has 0 bridgehead atoms. The number of hydrogen-bond donors (Lipinski definition) is 4. The van der Waals surface area contributed by atoms with Crippen LogP contribution in [0.3, 0.4) is 0 Å². The fourth-order valence-corrected chi connectivity index (χ4v) is 12.4. The number of hydrogen-bond acceptors (Lipinski definition) is 13. The van der Waals surface area contributed by atoms with Crippen molar-refractivity contribution < 1.29 is 129 Å². The second-order valence-corrected chi connectivity index (χ2v) is 29.1. The van der Waals surface area contributed by atoms with Gasteiger partial charge in [-0.2, -0.15) is 52.7 Å². The van der Waals surface area contributed by atoms with Crippen LogP contribution in [0.5, 0.6) is 11.5 Å². The number of aliphatic hydroxyl groups is 2. The standard InChI is InChI=1S/2C24H26F3O3S.C7H8O3S.2C4H5F3O3.C4H12N/c2*1-23(24(25,26)27,30-18-28-2)17-29-19-13-15-22(16-14-19)31(20-9-5-3-6-10-20)21-11-7-4-8-12-21;1-6-2-4-7(5-3-6)11(8,9)10;2*1-3(10,2(8)9)4(5,6)7;1-5(2,3)4/h2*3-11,13-16,21H,12,17-18H2,1-2H3;2-5H,1H3,(H,8,9,10);2*10H,1H3,(H,8,9);1-4H3/q2*+1;;;;+1/p-1. The molecule has 0 saturated carbocycles. The van der Waals surface area contributed by atoms with Crippen LogP contribution in [0, 0.1) is 6.92 Å². The molecule has 98 heavy (non-hydrogen) atoms. The van der Waals surface area contributed by atoms with Gasteiger partial charge >= 0.3 is 36.6 Å². The van der Waals surface area contributed by atoms with Gasteiger partial charge in [-0.15, -0.1) is 0 Å². The van der Waals surface area contributed by atoms with E-state index in [4.69, 9.17) is 39.4 Å². The van der Waals surface area contributed by atoms with Gasteiger partial charge in [-0.05, 0) is 132 Å². The highest BCUT2D eigenvalue weighted by Gasteiger charge is 2.58. The van der Waals surface area contributed by atoms with Crippen LogP contribution in [0.4, 0.5) is 52.7 Å². The van der Waals surface area contributed by atoms with Crippen LogP contribution in [0.25, 0.3) is 0 Å². The molecule has 16 nitrogen and oxygen atoms in total. The topological polar surface area (TPSA) is 228 Å². The summed E-state index contributed by atoms with van der Waals surface area (Å²) in [5.74, 6) is -3.90. The van der Waals surface area contributed by atoms with E-state index in [1.165, 1.54) is 36.1 Å². The van der Waals surface area contributed by atoms with Crippen molar-refractivity contribution in [1.29, 1.82) is 0 Å². The molecule has 0 aliphatic heterocycles. The summed E-state index contributed by atoms with van der Waals surface area (Å²) in [7, 11) is 6.38. The van der Waals surface area contributed by atoms with Gasteiger partial charge in [0, 0.05) is 27.1 Å². The Morgan fingerprint density at radius 2 is 0.796 bits per heavy atom. The van der Waals surface area contributed by atoms with Crippen molar-refractivity contribution >= 4 is 43.8 Å². The summed E-state index contributed by atoms with van der Waals surface area (Å²) in [6.07, 6.45) is -0.611. The van der Waals surface area contributed by atoms with Crippen LogP contribution in [0.2, 0.25) is 0 Å². The summed E-state index contributed by atoms with van der Waals surface area (Å²) < 4.78 is 211. The van der Waals surface area contributed by atoms with Gasteiger partial charge < -0.3 is 57.9 Å². The van der Waals surface area contributed by atoms with Gasteiger partial charge in [0.15, 0.2) is 41.3 Å². The Bertz CT molecular complexity index is 3250. The smallest absolute Gasteiger partial charge is 0.427 e. The number of benzene rings is 5. The molecule has 2 aliphatic carbocycles. The highest BCUT2D eigenvalue weighted by atomic mass is 32.2. The van der Waals surface area contributed by atoms with Gasteiger partial charge in [-0.3, -0.25) is 0 Å². The number of carbonyl (C=O) groups is 2. The molecule has 7 rings (SSSR count). The van der Waals surface area contributed by atoms with Crippen LogP contribution in [0.1, 0.15) is 46.1 Å². The first-order valence-electron chi connectivity index (χ1n) is 29.0. The molecule has 2 aliphatic rings. The third kappa shape index (κ3) is 28.7. The van der Waals surface area contributed by atoms with Crippen molar-refractivity contribution in [1.82, 2.24) is 0 Å². The molecule has 0 saturated heterocycles. The van der Waals surface area contributed by atoms with Crippen molar-refractivity contribution in [3.05, 3.63) is 188 Å². The summed E-state index contributed by atoms with van der Waals surface area (Å²) in [5.41, 5.74) is -11.3. The summed E-state index contributed by atoms with van der Waals surface area (Å²) in [4.78, 5) is 23.9. The van der Waals surface area contributed by atoms with Gasteiger partial charge in [-0.1, -0.05) is 90.6 Å². The molecule has 0 aromatic heterocycles. The van der Waals surface area contributed by atoms with Crippen molar-refractivity contribution in [3.8, 4) is 11.5 Å². The number of allylic oxidation sites excluding steroid dienone is 6. The second-order valence-electron chi connectivity index (χ2n) is 23.3. The molecule has 5 aromatic rings. The minimum atomic E-state index is -5.13. The first kappa shape index (κ1) is 87.2. The van der Waals surface area contributed by atoms with Gasteiger partial charge in [0.2, 0.25) is 0 Å². The molecule has 0 fully saturated rings. The van der Waals surface area contributed by atoms with E-state index in [0.717, 1.165) is 46.5 Å². The average Bonchev–Trinajstić information content (AvgIpc) is 0.826. The second kappa shape index (κ2) is 38.0. The lowest BCUT2D eigenvalue weighted by molar-refractivity contribution is -0.849. The zero-order valence-electron chi connectivity index (χ0n) is 55.2. The first-order valence-corrected chi connectivity index (χ1v) is 33.0. The molecule has 544 valence electrons. The molecule has 5 aromatic carbocycles. The van der Waals surface area contributed by atoms with Crippen molar-refractivity contribution in [3.63, 3.8) is 0 Å². The van der Waals surface area contributed by atoms with E-state index in [0.29, 0.717) is 22.0 Å². The lowest BCUT2D eigenvalue weighted by Crippen LogP contribution is -2.50. The SMILES string of the molecule is CC(O)(C(=O)O)C(F)(F)F.CC(O)(C(=O)O)C(F)(F)F.COCOC(C)(COc1ccc([S+](c2ccccc2)C2C=CC=CC2)cc1)C(F)(F)F.COCOC(C)(COc1ccc([S+](c2ccccc2)C2C=CC=CC2)cc1)C(F)(F)F.C[N+](C)(C)C.Cc1ccc(S(=O)(=O)[O-])cc1. The van der Waals surface area contributed by atoms with E-state index in [1.807, 2.05) is 79.7 Å². The molecule has 0 radical (unpaired) electrons. The van der Waals surface area contributed by atoms with E-state index < -0.39 is 96.0 Å². The number of quaternary nitrogens is 1. The van der Waals surface area contributed by atoms with Gasteiger partial charge in [0.1, 0.15) is 48.4 Å². The van der Waals surface area contributed by atoms with Crippen LogP contribution in [-0.2, 0) is 60.4 Å². The predicted octanol–water partition coefficient (Wildman–Crippen LogP) is 13.8. The van der Waals surface area contributed by atoms with E-state index in [9.17, 15) is 75.2 Å². The Morgan fingerprint density at radius 3 is 1.02 bits per heavy atom. The Hall–Kier alpha value is -6.91. The lowest BCUT2D eigenvalue weighted by Gasteiger charge is -2.31. The molecule has 8 unspecified atom stereocenters. The molecule has 4 N–H and O–H groups in total. The number of alkyl halides is 12. The average molecular weight is 1460 g/mol. The molecule has 0 heterocycles. The number of methoxy groups -OCH3 is 2. The fraction of sp³-hybridized carbons (Fsp3) is 0.403. The normalized spacial score (nSPS) is 17.7. The van der Waals surface area contributed by atoms with Crippen molar-refractivity contribution in [2.75, 3.05) is 69.2 Å². The Morgan fingerprint density at radius 1 is 0.500 bits per heavy atom. The number of carboxylic acid groups (broad SMARTS) is 2. The Balaban J connectivity index is 0.000000448. The molecular formula is C67H81F12NO15S3+2. The van der Waals surface area contributed by atoms with Crippen molar-refractivity contribution in [2.45, 2.75) is 130 Å². The quantitative estimate of drug-likeness (QED) is 0.0176. The summed E-state index contributed by atoms with van der Waals surface area (Å²) in [6, 6.07) is 40.9. The summed E-state index contributed by atoms with van der Waals surface area (Å²) in [6.45, 7) is 1.81. The largest absolute Gasteiger partial charge is 0.744 e. The number of aliphatic carboxylic acids is 2. The maximum atomic E-state index is 13.4. The Kier molecular flexibility index (Phi) is 33.8. The minimum absolute atomic E-state index is 0.176. The Labute approximate surface area is 567 Å². The van der Waals surface area contributed by atoms with Crippen molar-refractivity contribution in [2.24, 2.45) is 0 Å².